The van der Waals surface area contributed by atoms with Crippen molar-refractivity contribution in [2.75, 3.05) is 39.2 Å². The van der Waals surface area contributed by atoms with Gasteiger partial charge in [-0.1, -0.05) is 11.6 Å². The molecule has 0 saturated heterocycles. The fourth-order valence-electron chi connectivity index (χ4n) is 2.88. The molecule has 156 valence electrons. The van der Waals surface area contributed by atoms with Crippen LogP contribution in [0.2, 0.25) is 0 Å². The molecule has 0 radical (unpaired) electrons. The lowest BCUT2D eigenvalue weighted by atomic mass is 10.1. The van der Waals surface area contributed by atoms with E-state index >= 15 is 0 Å². The van der Waals surface area contributed by atoms with Gasteiger partial charge in [0.1, 0.15) is 0 Å². The first-order valence-electron chi connectivity index (χ1n) is 8.90. The first kappa shape index (κ1) is 22.3. The van der Waals surface area contributed by atoms with Gasteiger partial charge in [-0.3, -0.25) is 9.59 Å². The maximum atomic E-state index is 12.8. The first-order valence-corrected chi connectivity index (χ1v) is 8.90. The van der Waals surface area contributed by atoms with Gasteiger partial charge in [-0.25, -0.2) is 0 Å². The summed E-state index contributed by atoms with van der Waals surface area (Å²) in [5.41, 5.74) is 1.73. The highest BCUT2D eigenvalue weighted by Crippen LogP contribution is 2.33. The number of halogens is 1. The number of benzene rings is 1. The Bertz CT molecular complexity index is 880. The fraction of sp³-hybridized carbons (Fsp3) is 0.300. The molecule has 0 fully saturated rings. The molecular weight excluding hydrogens is 398 g/mol. The molecule has 0 spiro atoms. The van der Waals surface area contributed by atoms with E-state index in [0.29, 0.717) is 23.7 Å². The van der Waals surface area contributed by atoms with Crippen molar-refractivity contribution in [3.05, 3.63) is 53.5 Å². The van der Waals surface area contributed by atoms with Crippen LogP contribution < -0.4 is 25.4 Å². The van der Waals surface area contributed by atoms with E-state index in [1.807, 2.05) is 0 Å². The molecule has 3 rings (SSSR count). The zero-order chi connectivity index (χ0) is 19.9. The van der Waals surface area contributed by atoms with Gasteiger partial charge >= 0.3 is 0 Å². The molecule has 1 aromatic heterocycles. The second-order valence-electron chi connectivity index (χ2n) is 6.18. The normalized spacial score (nSPS) is 13.0. The minimum absolute atomic E-state index is 0. The molecule has 2 heterocycles. The SMILES string of the molecule is COc1cc(NC(=O)c2ccco2)c(C(=O)NCC2=CCNCC2)cc1OC.Cl. The summed E-state index contributed by atoms with van der Waals surface area (Å²) in [5, 5.41) is 8.83. The van der Waals surface area contributed by atoms with E-state index in [1.54, 1.807) is 24.3 Å². The molecule has 0 saturated carbocycles. The van der Waals surface area contributed by atoms with Crippen molar-refractivity contribution in [1.29, 1.82) is 0 Å². The van der Waals surface area contributed by atoms with Crippen molar-refractivity contribution in [2.24, 2.45) is 0 Å². The van der Waals surface area contributed by atoms with Gasteiger partial charge in [-0.15, -0.1) is 12.4 Å². The Kier molecular flexibility index (Phi) is 8.11. The summed E-state index contributed by atoms with van der Waals surface area (Å²) in [4.78, 5) is 25.2. The molecule has 1 aromatic carbocycles. The number of rotatable bonds is 7. The first-order chi connectivity index (χ1) is 13.6. The zero-order valence-corrected chi connectivity index (χ0v) is 17.1. The van der Waals surface area contributed by atoms with E-state index in [2.05, 4.69) is 22.0 Å². The molecule has 0 unspecified atom stereocenters. The van der Waals surface area contributed by atoms with E-state index in [9.17, 15) is 9.59 Å². The van der Waals surface area contributed by atoms with E-state index in [4.69, 9.17) is 13.9 Å². The molecule has 0 bridgehead atoms. The largest absolute Gasteiger partial charge is 0.493 e. The van der Waals surface area contributed by atoms with Crippen LogP contribution in [-0.2, 0) is 0 Å². The zero-order valence-electron chi connectivity index (χ0n) is 16.2. The Morgan fingerprint density at radius 3 is 2.55 bits per heavy atom. The monoisotopic (exact) mass is 421 g/mol. The predicted molar refractivity (Wildman–Crippen MR) is 111 cm³/mol. The standard InChI is InChI=1S/C20H23N3O5.ClH/c1-26-17-10-14(19(24)22-12-13-5-7-21-8-6-13)15(11-18(17)27-2)23-20(25)16-4-3-9-28-16;/h3-5,9-11,21H,6-8,12H2,1-2H3,(H,22,24)(H,23,25);1H. The summed E-state index contributed by atoms with van der Waals surface area (Å²) in [6, 6.07) is 6.25. The minimum Gasteiger partial charge on any atom is -0.493 e. The van der Waals surface area contributed by atoms with Crippen LogP contribution in [-0.4, -0.2) is 45.7 Å². The number of ether oxygens (including phenoxy) is 2. The molecule has 8 nitrogen and oxygen atoms in total. The molecular formula is C20H24ClN3O5. The topological polar surface area (TPSA) is 102 Å². The summed E-state index contributed by atoms with van der Waals surface area (Å²) in [5.74, 6) is 0.142. The van der Waals surface area contributed by atoms with Crippen LogP contribution in [0.1, 0.15) is 27.3 Å². The molecule has 2 amide bonds. The smallest absolute Gasteiger partial charge is 0.291 e. The van der Waals surface area contributed by atoms with Crippen molar-refractivity contribution < 1.29 is 23.5 Å². The van der Waals surface area contributed by atoms with Crippen molar-refractivity contribution in [3.8, 4) is 11.5 Å². The van der Waals surface area contributed by atoms with Crippen molar-refractivity contribution in [1.82, 2.24) is 10.6 Å². The van der Waals surface area contributed by atoms with Gasteiger partial charge in [0, 0.05) is 19.2 Å². The maximum absolute atomic E-state index is 12.8. The number of nitrogens with one attached hydrogen (secondary N) is 3. The molecule has 0 atom stereocenters. The number of carbonyl (C=O) groups excluding carboxylic acids is 2. The third kappa shape index (κ3) is 5.52. The number of hydrogen-bond donors (Lipinski definition) is 3. The quantitative estimate of drug-likeness (QED) is 0.594. The molecule has 3 N–H and O–H groups in total. The van der Waals surface area contributed by atoms with Gasteiger partial charge in [0.15, 0.2) is 17.3 Å². The van der Waals surface area contributed by atoms with Gasteiger partial charge in [0.25, 0.3) is 11.8 Å². The van der Waals surface area contributed by atoms with Crippen LogP contribution in [0.4, 0.5) is 5.69 Å². The van der Waals surface area contributed by atoms with E-state index in [1.165, 1.54) is 20.5 Å². The van der Waals surface area contributed by atoms with Crippen LogP contribution in [0.15, 0.2) is 46.6 Å². The lowest BCUT2D eigenvalue weighted by Gasteiger charge is -2.17. The van der Waals surface area contributed by atoms with Crippen LogP contribution in [0.3, 0.4) is 0 Å². The summed E-state index contributed by atoms with van der Waals surface area (Å²) < 4.78 is 15.7. The Balaban J connectivity index is 0.00000300. The minimum atomic E-state index is -0.465. The second kappa shape index (κ2) is 10.5. The maximum Gasteiger partial charge on any atom is 0.291 e. The predicted octanol–water partition coefficient (Wildman–Crippen LogP) is 2.62. The Hall–Kier alpha value is -2.97. The Morgan fingerprint density at radius 1 is 1.17 bits per heavy atom. The lowest BCUT2D eigenvalue weighted by Crippen LogP contribution is -2.30. The van der Waals surface area contributed by atoms with Crippen molar-refractivity contribution in [2.45, 2.75) is 6.42 Å². The van der Waals surface area contributed by atoms with Crippen LogP contribution in [0.5, 0.6) is 11.5 Å². The third-order valence-electron chi connectivity index (χ3n) is 4.40. The van der Waals surface area contributed by atoms with Crippen LogP contribution in [0, 0.1) is 0 Å². The second-order valence-corrected chi connectivity index (χ2v) is 6.18. The molecule has 1 aliphatic rings. The Labute approximate surface area is 175 Å². The average Bonchev–Trinajstić information content (AvgIpc) is 3.27. The lowest BCUT2D eigenvalue weighted by molar-refractivity contribution is 0.0957. The van der Waals surface area contributed by atoms with Crippen LogP contribution in [0.25, 0.3) is 0 Å². The number of methoxy groups -OCH3 is 2. The van der Waals surface area contributed by atoms with E-state index in [0.717, 1.165) is 25.1 Å². The molecule has 9 heteroatoms. The molecule has 29 heavy (non-hydrogen) atoms. The third-order valence-corrected chi connectivity index (χ3v) is 4.40. The van der Waals surface area contributed by atoms with Crippen LogP contribution >= 0.6 is 12.4 Å². The summed E-state index contributed by atoms with van der Waals surface area (Å²) in [6.07, 6.45) is 4.36. The van der Waals surface area contributed by atoms with Crippen molar-refractivity contribution in [3.63, 3.8) is 0 Å². The number of anilines is 1. The number of hydrogen-bond acceptors (Lipinski definition) is 6. The summed E-state index contributed by atoms with van der Waals surface area (Å²) in [6.45, 7) is 2.13. The molecule has 2 aromatic rings. The summed E-state index contributed by atoms with van der Waals surface area (Å²) in [7, 11) is 2.97. The van der Waals surface area contributed by atoms with Gasteiger partial charge in [-0.2, -0.15) is 0 Å². The highest BCUT2D eigenvalue weighted by atomic mass is 35.5. The Morgan fingerprint density at radius 2 is 1.93 bits per heavy atom. The highest BCUT2D eigenvalue weighted by molar-refractivity contribution is 6.08. The van der Waals surface area contributed by atoms with Gasteiger partial charge < -0.3 is 29.8 Å². The van der Waals surface area contributed by atoms with Gasteiger partial charge in [0.05, 0.1) is 31.7 Å². The summed E-state index contributed by atoms with van der Waals surface area (Å²) >= 11 is 0. The number of furan rings is 1. The van der Waals surface area contributed by atoms with Crippen molar-refractivity contribution >= 4 is 29.9 Å². The van der Waals surface area contributed by atoms with Gasteiger partial charge in [0.2, 0.25) is 0 Å². The number of amides is 2. The molecule has 1 aliphatic heterocycles. The molecule has 0 aliphatic carbocycles. The number of carbonyl (C=O) groups is 2. The highest BCUT2D eigenvalue weighted by Gasteiger charge is 2.20. The fourth-order valence-corrected chi connectivity index (χ4v) is 2.88. The van der Waals surface area contributed by atoms with E-state index in [-0.39, 0.29) is 29.6 Å². The average molecular weight is 422 g/mol. The van der Waals surface area contributed by atoms with E-state index < -0.39 is 5.91 Å². The van der Waals surface area contributed by atoms with Gasteiger partial charge in [-0.05, 0) is 31.2 Å².